The van der Waals surface area contributed by atoms with E-state index < -0.39 is 27.5 Å². The summed E-state index contributed by atoms with van der Waals surface area (Å²) in [7, 11) is -4.57. The first-order valence-corrected chi connectivity index (χ1v) is 4.76. The first-order chi connectivity index (χ1) is 6.12. The van der Waals surface area contributed by atoms with E-state index in [9.17, 15) is 26.4 Å². The highest BCUT2D eigenvalue weighted by Gasteiger charge is 2.47. The van der Waals surface area contributed by atoms with Gasteiger partial charge in [-0.15, -0.1) is 0 Å². The molecule has 0 heterocycles. The predicted octanol–water partition coefficient (Wildman–Crippen LogP) is -0.0129. The Morgan fingerprint density at radius 3 is 2.14 bits per heavy atom. The van der Waals surface area contributed by atoms with Crippen LogP contribution >= 0.6 is 0 Å². The van der Waals surface area contributed by atoms with Gasteiger partial charge in [0, 0.05) is 0 Å². The molecule has 14 heavy (non-hydrogen) atoms. The van der Waals surface area contributed by atoms with Crippen molar-refractivity contribution < 1.29 is 31.1 Å². The van der Waals surface area contributed by atoms with E-state index in [1.54, 1.807) is 0 Å². The van der Waals surface area contributed by atoms with Gasteiger partial charge in [-0.25, -0.2) is 8.42 Å². The second-order valence-electron chi connectivity index (χ2n) is 2.31. The number of methoxy groups -OCH3 is 1. The Labute approximate surface area is 78.3 Å². The van der Waals surface area contributed by atoms with Crippen LogP contribution in [0.1, 0.15) is 6.92 Å². The van der Waals surface area contributed by atoms with Crippen LogP contribution in [0.15, 0.2) is 0 Å². The molecule has 0 aromatic carbocycles. The monoisotopic (exact) mass is 235 g/mol. The normalized spacial score (nSPS) is 14.9. The molecule has 9 heteroatoms. The lowest BCUT2D eigenvalue weighted by atomic mass is 10.4. The maximum atomic E-state index is 11.8. The Bertz CT molecular complexity index is 309. The highest BCUT2D eigenvalue weighted by atomic mass is 32.2. The van der Waals surface area contributed by atoms with Gasteiger partial charge in [0.05, 0.1) is 7.11 Å². The standard InChI is InChI=1S/C5H8F3NO4S/c1-3(4(10)13-2)9-14(11,12)5(6,7)8/h3,9H,1-2H3. The maximum absolute atomic E-state index is 11.8. The van der Waals surface area contributed by atoms with Crippen molar-refractivity contribution >= 4 is 16.0 Å². The van der Waals surface area contributed by atoms with Crippen LogP contribution in [0.25, 0.3) is 0 Å². The van der Waals surface area contributed by atoms with Crippen LogP contribution in [0.3, 0.4) is 0 Å². The molecule has 0 fully saturated rings. The van der Waals surface area contributed by atoms with Crippen molar-refractivity contribution in [2.24, 2.45) is 0 Å². The minimum atomic E-state index is -5.50. The lowest BCUT2D eigenvalue weighted by Gasteiger charge is -2.13. The number of hydrogen-bond acceptors (Lipinski definition) is 4. The molecule has 1 atom stereocenters. The number of ether oxygens (including phenoxy) is 1. The SMILES string of the molecule is COC(=O)C(C)NS(=O)(=O)C(F)(F)F. The Morgan fingerprint density at radius 2 is 1.86 bits per heavy atom. The Balaban J connectivity index is 4.63. The highest BCUT2D eigenvalue weighted by Crippen LogP contribution is 2.21. The Hall–Kier alpha value is -0.830. The topological polar surface area (TPSA) is 72.5 Å². The number of sulfonamides is 1. The zero-order valence-electron chi connectivity index (χ0n) is 7.25. The summed E-state index contributed by atoms with van der Waals surface area (Å²) >= 11 is 0. The van der Waals surface area contributed by atoms with E-state index in [4.69, 9.17) is 0 Å². The van der Waals surface area contributed by atoms with Gasteiger partial charge in [0.1, 0.15) is 6.04 Å². The summed E-state index contributed by atoms with van der Waals surface area (Å²) < 4.78 is 61.3. The average Bonchev–Trinajstić information content (AvgIpc) is 2.00. The minimum absolute atomic E-state index is 0.931. The first-order valence-electron chi connectivity index (χ1n) is 3.28. The van der Waals surface area contributed by atoms with Crippen molar-refractivity contribution in [1.82, 2.24) is 4.72 Å². The van der Waals surface area contributed by atoms with Crippen molar-refractivity contribution in [3.63, 3.8) is 0 Å². The number of halogens is 3. The minimum Gasteiger partial charge on any atom is -0.468 e. The lowest BCUT2D eigenvalue weighted by Crippen LogP contribution is -2.45. The second-order valence-corrected chi connectivity index (χ2v) is 4.02. The molecule has 1 N–H and O–H groups in total. The molecule has 0 saturated carbocycles. The molecule has 0 saturated heterocycles. The summed E-state index contributed by atoms with van der Waals surface area (Å²) in [6.45, 7) is 0.940. The van der Waals surface area contributed by atoms with Crippen LogP contribution in [0, 0.1) is 0 Å². The molecule has 0 aliphatic rings. The molecule has 0 aliphatic heterocycles. The fraction of sp³-hybridized carbons (Fsp3) is 0.800. The number of esters is 1. The number of alkyl halides is 3. The molecule has 84 valence electrons. The molecule has 0 spiro atoms. The van der Waals surface area contributed by atoms with Gasteiger partial charge < -0.3 is 4.74 Å². The average molecular weight is 235 g/mol. The number of rotatable bonds is 3. The van der Waals surface area contributed by atoms with E-state index in [0.717, 1.165) is 18.8 Å². The number of hydrogen-bond donors (Lipinski definition) is 1. The molecular weight excluding hydrogens is 227 g/mol. The van der Waals surface area contributed by atoms with Gasteiger partial charge in [-0.1, -0.05) is 0 Å². The summed E-state index contributed by atoms with van der Waals surface area (Å²) in [4.78, 5) is 10.6. The maximum Gasteiger partial charge on any atom is 0.511 e. The van der Waals surface area contributed by atoms with E-state index in [1.165, 1.54) is 0 Å². The van der Waals surface area contributed by atoms with Gasteiger partial charge in [0.2, 0.25) is 0 Å². The van der Waals surface area contributed by atoms with Crippen LogP contribution < -0.4 is 4.72 Å². The number of carbonyl (C=O) groups excluding carboxylic acids is 1. The van der Waals surface area contributed by atoms with E-state index in [-0.39, 0.29) is 0 Å². The van der Waals surface area contributed by atoms with Gasteiger partial charge in [0.25, 0.3) is 0 Å². The van der Waals surface area contributed by atoms with Crippen molar-refractivity contribution in [3.05, 3.63) is 0 Å². The fourth-order valence-corrected chi connectivity index (χ4v) is 1.22. The van der Waals surface area contributed by atoms with Crippen LogP contribution in [0.5, 0.6) is 0 Å². The second kappa shape index (κ2) is 4.13. The zero-order valence-corrected chi connectivity index (χ0v) is 8.07. The molecule has 0 amide bonds. The van der Waals surface area contributed by atoms with E-state index in [1.807, 2.05) is 0 Å². The molecule has 0 aliphatic carbocycles. The van der Waals surface area contributed by atoms with Crippen molar-refractivity contribution in [2.45, 2.75) is 18.5 Å². The fourth-order valence-electron chi connectivity index (χ4n) is 0.524. The Morgan fingerprint density at radius 1 is 1.43 bits per heavy atom. The largest absolute Gasteiger partial charge is 0.511 e. The van der Waals surface area contributed by atoms with Gasteiger partial charge in [-0.05, 0) is 6.92 Å². The third-order valence-corrected chi connectivity index (χ3v) is 2.46. The van der Waals surface area contributed by atoms with Crippen LogP contribution in [-0.4, -0.2) is 33.0 Å². The number of carbonyl (C=O) groups is 1. The van der Waals surface area contributed by atoms with Gasteiger partial charge >= 0.3 is 21.5 Å². The summed E-state index contributed by atoms with van der Waals surface area (Å²) in [5.74, 6) is -1.10. The van der Waals surface area contributed by atoms with Gasteiger partial charge in [-0.2, -0.15) is 17.9 Å². The number of nitrogens with one attached hydrogen (secondary N) is 1. The van der Waals surface area contributed by atoms with Crippen molar-refractivity contribution in [1.29, 1.82) is 0 Å². The van der Waals surface area contributed by atoms with Crippen LogP contribution in [-0.2, 0) is 19.6 Å². The summed E-state index contributed by atoms with van der Waals surface area (Å²) in [6.07, 6.45) is 0. The third-order valence-electron chi connectivity index (χ3n) is 1.19. The van der Waals surface area contributed by atoms with Crippen LogP contribution in [0.4, 0.5) is 13.2 Å². The molecule has 0 rings (SSSR count). The summed E-state index contributed by atoms with van der Waals surface area (Å²) in [5.41, 5.74) is -5.44. The Kier molecular flexibility index (Phi) is 3.89. The molecule has 0 aromatic rings. The van der Waals surface area contributed by atoms with Gasteiger partial charge in [0.15, 0.2) is 0 Å². The quantitative estimate of drug-likeness (QED) is 0.698. The molecule has 0 bridgehead atoms. The van der Waals surface area contributed by atoms with Crippen molar-refractivity contribution in [2.75, 3.05) is 7.11 Å². The predicted molar refractivity (Wildman–Crippen MR) is 39.6 cm³/mol. The molecule has 5 nitrogen and oxygen atoms in total. The lowest BCUT2D eigenvalue weighted by molar-refractivity contribution is -0.142. The molecular formula is C5H8F3NO4S. The smallest absolute Gasteiger partial charge is 0.468 e. The van der Waals surface area contributed by atoms with E-state index in [0.29, 0.717) is 0 Å². The zero-order chi connectivity index (χ0) is 11.6. The van der Waals surface area contributed by atoms with Gasteiger partial charge in [-0.3, -0.25) is 4.79 Å². The summed E-state index contributed by atoms with van der Waals surface area (Å²) in [6, 6.07) is -1.58. The summed E-state index contributed by atoms with van der Waals surface area (Å²) in [5, 5.41) is 0. The van der Waals surface area contributed by atoms with E-state index >= 15 is 0 Å². The van der Waals surface area contributed by atoms with Crippen LogP contribution in [0.2, 0.25) is 0 Å². The first kappa shape index (κ1) is 13.2. The molecule has 0 radical (unpaired) electrons. The van der Waals surface area contributed by atoms with E-state index in [2.05, 4.69) is 4.74 Å². The van der Waals surface area contributed by atoms with Crippen molar-refractivity contribution in [3.8, 4) is 0 Å². The highest BCUT2D eigenvalue weighted by molar-refractivity contribution is 7.90. The third kappa shape index (κ3) is 3.14. The molecule has 0 aromatic heterocycles. The molecule has 1 unspecified atom stereocenters.